The normalized spacial score (nSPS) is 10.1. The zero-order valence-corrected chi connectivity index (χ0v) is 9.97. The lowest BCUT2D eigenvalue weighted by molar-refractivity contribution is 0.756. The van der Waals surface area contributed by atoms with E-state index in [1.165, 1.54) is 0 Å². The molecule has 0 atom stereocenters. The summed E-state index contributed by atoms with van der Waals surface area (Å²) in [6, 6.07) is 11.9. The van der Waals surface area contributed by atoms with E-state index >= 15 is 0 Å². The van der Waals surface area contributed by atoms with Gasteiger partial charge in [-0.2, -0.15) is 9.94 Å². The van der Waals surface area contributed by atoms with Crippen LogP contribution in [0.1, 0.15) is 12.8 Å². The van der Waals surface area contributed by atoms with Gasteiger partial charge in [0.1, 0.15) is 0 Å². The molecule has 0 unspecified atom stereocenters. The van der Waals surface area contributed by atoms with Crippen molar-refractivity contribution in [3.63, 3.8) is 0 Å². The Kier molecular flexibility index (Phi) is 4.11. The molecule has 0 N–H and O–H groups in total. The maximum absolute atomic E-state index is 8.45. The van der Waals surface area contributed by atoms with Gasteiger partial charge in [-0.1, -0.05) is 30.0 Å². The zero-order valence-electron chi connectivity index (χ0n) is 9.15. The van der Waals surface area contributed by atoms with E-state index in [0.29, 0.717) is 6.42 Å². The van der Waals surface area contributed by atoms with Crippen LogP contribution in [-0.2, 0) is 0 Å². The Morgan fingerprint density at radius 3 is 2.88 bits per heavy atom. The van der Waals surface area contributed by atoms with Crippen molar-refractivity contribution < 1.29 is 0 Å². The van der Waals surface area contributed by atoms with Crippen molar-refractivity contribution in [3.05, 3.63) is 30.3 Å². The average Bonchev–Trinajstić information content (AvgIpc) is 2.84. The molecule has 0 aliphatic carbocycles. The Hall–Kier alpha value is -1.87. The molecule has 2 aromatic rings. The van der Waals surface area contributed by atoms with E-state index in [9.17, 15) is 0 Å². The molecule has 0 amide bonds. The second-order valence-corrected chi connectivity index (χ2v) is 4.38. The van der Waals surface area contributed by atoms with Crippen molar-refractivity contribution in [3.8, 4) is 11.8 Å². The number of benzene rings is 1. The fourth-order valence-electron chi connectivity index (χ4n) is 1.31. The number of thioether (sulfide) groups is 1. The molecular weight excluding hydrogens is 234 g/mol. The number of aromatic nitrogens is 4. The Morgan fingerprint density at radius 1 is 1.29 bits per heavy atom. The van der Waals surface area contributed by atoms with Crippen LogP contribution in [0.4, 0.5) is 0 Å². The van der Waals surface area contributed by atoms with Crippen LogP contribution in [0, 0.1) is 11.3 Å². The molecule has 5 nitrogen and oxygen atoms in total. The monoisotopic (exact) mass is 245 g/mol. The maximum atomic E-state index is 8.45. The highest BCUT2D eigenvalue weighted by atomic mass is 32.2. The summed E-state index contributed by atoms with van der Waals surface area (Å²) < 4.78 is 1.71. The van der Waals surface area contributed by atoms with Crippen molar-refractivity contribution in [2.45, 2.75) is 18.0 Å². The smallest absolute Gasteiger partial charge is 0.198 e. The zero-order chi connectivity index (χ0) is 11.9. The molecule has 0 saturated carbocycles. The molecule has 86 valence electrons. The third-order valence-corrected chi connectivity index (χ3v) is 3.11. The first kappa shape index (κ1) is 11.6. The molecule has 1 heterocycles. The maximum Gasteiger partial charge on any atom is 0.214 e. The number of hydrogen-bond donors (Lipinski definition) is 0. The number of nitriles is 1. The quantitative estimate of drug-likeness (QED) is 0.595. The molecule has 1 aromatic carbocycles. The number of hydrogen-bond acceptors (Lipinski definition) is 5. The highest BCUT2D eigenvalue weighted by Crippen LogP contribution is 2.18. The van der Waals surface area contributed by atoms with E-state index in [2.05, 4.69) is 21.6 Å². The lowest BCUT2D eigenvalue weighted by Crippen LogP contribution is -1.98. The number of para-hydroxylation sites is 1. The van der Waals surface area contributed by atoms with Crippen LogP contribution in [0.3, 0.4) is 0 Å². The summed E-state index contributed by atoms with van der Waals surface area (Å²) >= 11 is 1.56. The van der Waals surface area contributed by atoms with Crippen LogP contribution in [0.2, 0.25) is 0 Å². The van der Waals surface area contributed by atoms with Gasteiger partial charge in [0.2, 0.25) is 5.16 Å². The van der Waals surface area contributed by atoms with Crippen LogP contribution in [-0.4, -0.2) is 26.0 Å². The first-order chi connectivity index (χ1) is 8.42. The lowest BCUT2D eigenvalue weighted by atomic mass is 10.3. The summed E-state index contributed by atoms with van der Waals surface area (Å²) in [5, 5.41) is 20.8. The summed E-state index contributed by atoms with van der Waals surface area (Å²) in [6.07, 6.45) is 1.42. The van der Waals surface area contributed by atoms with Crippen molar-refractivity contribution in [1.29, 1.82) is 5.26 Å². The first-order valence-corrected chi connectivity index (χ1v) is 6.24. The lowest BCUT2D eigenvalue weighted by Gasteiger charge is -2.02. The van der Waals surface area contributed by atoms with Crippen LogP contribution in [0.15, 0.2) is 35.5 Å². The minimum atomic E-state index is 0.569. The van der Waals surface area contributed by atoms with E-state index in [4.69, 9.17) is 5.26 Å². The van der Waals surface area contributed by atoms with Crippen molar-refractivity contribution in [2.75, 3.05) is 5.75 Å². The number of unbranched alkanes of at least 4 members (excludes halogenated alkanes) is 1. The van der Waals surface area contributed by atoms with Gasteiger partial charge in [-0.25, -0.2) is 0 Å². The standard InChI is InChI=1S/C11H11N5S/c12-8-4-5-9-17-11-13-14-15-16(11)10-6-2-1-3-7-10/h1-3,6-7H,4-5,9H2. The second-order valence-electron chi connectivity index (χ2n) is 3.32. The third-order valence-electron chi connectivity index (χ3n) is 2.11. The van der Waals surface area contributed by atoms with Crippen LogP contribution in [0.5, 0.6) is 0 Å². The Morgan fingerprint density at radius 2 is 2.12 bits per heavy atom. The fraction of sp³-hybridized carbons (Fsp3) is 0.273. The van der Waals surface area contributed by atoms with Gasteiger partial charge in [-0.05, 0) is 29.0 Å². The molecule has 0 spiro atoms. The minimum absolute atomic E-state index is 0.569. The highest BCUT2D eigenvalue weighted by Gasteiger charge is 2.07. The number of tetrazole rings is 1. The molecule has 17 heavy (non-hydrogen) atoms. The van der Waals surface area contributed by atoms with Gasteiger partial charge in [0, 0.05) is 12.2 Å². The van der Waals surface area contributed by atoms with E-state index in [0.717, 1.165) is 23.0 Å². The summed E-state index contributed by atoms with van der Waals surface area (Å²) in [5.41, 5.74) is 0.945. The predicted molar refractivity (Wildman–Crippen MR) is 64.7 cm³/mol. The Bertz CT molecular complexity index is 502. The predicted octanol–water partition coefficient (Wildman–Crippen LogP) is 2.06. The van der Waals surface area contributed by atoms with Gasteiger partial charge in [-0.15, -0.1) is 5.10 Å². The van der Waals surface area contributed by atoms with Crippen molar-refractivity contribution >= 4 is 11.8 Å². The van der Waals surface area contributed by atoms with Crippen LogP contribution < -0.4 is 0 Å². The molecule has 2 rings (SSSR count). The molecule has 6 heteroatoms. The van der Waals surface area contributed by atoms with Gasteiger partial charge in [-0.3, -0.25) is 0 Å². The van der Waals surface area contributed by atoms with Gasteiger partial charge in [0.25, 0.3) is 0 Å². The van der Waals surface area contributed by atoms with Crippen molar-refractivity contribution in [1.82, 2.24) is 20.2 Å². The average molecular weight is 245 g/mol. The fourth-order valence-corrected chi connectivity index (χ4v) is 2.14. The highest BCUT2D eigenvalue weighted by molar-refractivity contribution is 7.99. The molecular formula is C11H11N5S. The van der Waals surface area contributed by atoms with E-state index in [1.54, 1.807) is 16.4 Å². The summed E-state index contributed by atoms with van der Waals surface area (Å²) in [4.78, 5) is 0. The van der Waals surface area contributed by atoms with E-state index < -0.39 is 0 Å². The molecule has 0 bridgehead atoms. The number of nitrogens with zero attached hydrogens (tertiary/aromatic N) is 5. The van der Waals surface area contributed by atoms with Crippen LogP contribution in [0.25, 0.3) is 5.69 Å². The van der Waals surface area contributed by atoms with E-state index in [-0.39, 0.29) is 0 Å². The largest absolute Gasteiger partial charge is 0.214 e. The minimum Gasteiger partial charge on any atom is -0.198 e. The molecule has 1 aromatic heterocycles. The van der Waals surface area contributed by atoms with Gasteiger partial charge >= 0.3 is 0 Å². The molecule has 0 aliphatic rings. The molecule has 0 saturated heterocycles. The SMILES string of the molecule is N#CCCCSc1nnnn1-c1ccccc1. The Labute approximate surface area is 103 Å². The number of rotatable bonds is 5. The van der Waals surface area contributed by atoms with Gasteiger partial charge < -0.3 is 0 Å². The summed E-state index contributed by atoms with van der Waals surface area (Å²) in [6.45, 7) is 0. The summed E-state index contributed by atoms with van der Waals surface area (Å²) in [5.74, 6) is 0.848. The van der Waals surface area contributed by atoms with Crippen molar-refractivity contribution in [2.24, 2.45) is 0 Å². The Balaban J connectivity index is 2.05. The van der Waals surface area contributed by atoms with Gasteiger partial charge in [0.05, 0.1) is 11.8 Å². The topological polar surface area (TPSA) is 67.4 Å². The molecule has 0 aliphatic heterocycles. The molecule has 0 fully saturated rings. The second kappa shape index (κ2) is 6.01. The third kappa shape index (κ3) is 3.04. The molecule has 0 radical (unpaired) electrons. The van der Waals surface area contributed by atoms with E-state index in [1.807, 2.05) is 30.3 Å². The first-order valence-electron chi connectivity index (χ1n) is 5.25. The van der Waals surface area contributed by atoms with Crippen LogP contribution >= 0.6 is 11.8 Å². The van der Waals surface area contributed by atoms with Gasteiger partial charge in [0.15, 0.2) is 0 Å². The summed E-state index contributed by atoms with van der Waals surface area (Å²) in [7, 11) is 0.